The maximum Gasteiger partial charge on any atom is 0.232 e. The molecule has 0 fully saturated rings. The van der Waals surface area contributed by atoms with E-state index in [0.29, 0.717) is 5.69 Å². The molecule has 0 unspecified atom stereocenters. The van der Waals surface area contributed by atoms with Gasteiger partial charge in [0.05, 0.1) is 5.75 Å². The molecule has 0 spiro atoms. The summed E-state index contributed by atoms with van der Waals surface area (Å²) >= 11 is 1.51. The fourth-order valence-corrected chi connectivity index (χ4v) is 3.38. The van der Waals surface area contributed by atoms with Gasteiger partial charge in [-0.3, -0.25) is 4.72 Å². The van der Waals surface area contributed by atoms with Crippen LogP contribution in [0.5, 0.6) is 0 Å². The zero-order chi connectivity index (χ0) is 14.9. The lowest BCUT2D eigenvalue weighted by atomic mass is 10.2. The van der Waals surface area contributed by atoms with Gasteiger partial charge >= 0.3 is 0 Å². The fourth-order valence-electron chi connectivity index (χ4n) is 1.83. The summed E-state index contributed by atoms with van der Waals surface area (Å²) in [6, 6.07) is 11.0. The minimum absolute atomic E-state index is 0.0539. The molecule has 2 aromatic heterocycles. The first-order valence-electron chi connectivity index (χ1n) is 6.40. The summed E-state index contributed by atoms with van der Waals surface area (Å²) < 4.78 is 25.5. The van der Waals surface area contributed by atoms with Crippen LogP contribution in [0.15, 0.2) is 42.6 Å². The zero-order valence-corrected chi connectivity index (χ0v) is 12.9. The van der Waals surface area contributed by atoms with Crippen molar-refractivity contribution in [3.63, 3.8) is 0 Å². The number of aromatic nitrogens is 2. The van der Waals surface area contributed by atoms with E-state index in [-0.39, 0.29) is 5.75 Å². The lowest BCUT2D eigenvalue weighted by Crippen LogP contribution is -2.14. The molecule has 0 bridgehead atoms. The van der Waals surface area contributed by atoms with Gasteiger partial charge < -0.3 is 0 Å². The Labute approximate surface area is 126 Å². The van der Waals surface area contributed by atoms with Crippen LogP contribution in [-0.4, -0.2) is 24.1 Å². The number of anilines is 1. The van der Waals surface area contributed by atoms with Crippen LogP contribution in [0.3, 0.4) is 0 Å². The molecule has 2 heterocycles. The van der Waals surface area contributed by atoms with E-state index in [1.807, 2.05) is 24.3 Å². The van der Waals surface area contributed by atoms with Crippen molar-refractivity contribution < 1.29 is 8.42 Å². The van der Waals surface area contributed by atoms with Crippen LogP contribution in [0.2, 0.25) is 0 Å². The molecule has 7 heteroatoms. The van der Waals surface area contributed by atoms with Gasteiger partial charge in [-0.1, -0.05) is 11.3 Å². The molecule has 1 aromatic carbocycles. The lowest BCUT2D eigenvalue weighted by Gasteiger charge is -2.06. The highest BCUT2D eigenvalue weighted by molar-refractivity contribution is 7.92. The van der Waals surface area contributed by atoms with E-state index in [0.717, 1.165) is 20.9 Å². The molecule has 3 aromatic rings. The predicted octanol–water partition coefficient (Wildman–Crippen LogP) is 3.12. The molecule has 3 rings (SSSR count). The van der Waals surface area contributed by atoms with Crippen molar-refractivity contribution in [2.45, 2.75) is 6.92 Å². The van der Waals surface area contributed by atoms with Crippen molar-refractivity contribution in [1.29, 1.82) is 0 Å². The van der Waals surface area contributed by atoms with Gasteiger partial charge in [0, 0.05) is 17.4 Å². The molecule has 21 heavy (non-hydrogen) atoms. The fraction of sp³-hybridized carbons (Fsp3) is 0.143. The number of thiazole rings is 1. The molecule has 0 radical (unpaired) electrons. The first kappa shape index (κ1) is 14.0. The summed E-state index contributed by atoms with van der Waals surface area (Å²) in [5, 5.41) is 0.869. The number of rotatable bonds is 4. The minimum Gasteiger partial charge on any atom is -0.284 e. The molecular formula is C14H13N3O2S2. The quantitative estimate of drug-likeness (QED) is 0.802. The first-order valence-corrected chi connectivity index (χ1v) is 8.87. The monoisotopic (exact) mass is 319 g/mol. The predicted molar refractivity (Wildman–Crippen MR) is 85.9 cm³/mol. The Kier molecular flexibility index (Phi) is 3.60. The molecule has 5 nitrogen and oxygen atoms in total. The maximum absolute atomic E-state index is 11.5. The maximum atomic E-state index is 11.5. The topological polar surface area (TPSA) is 72.0 Å². The Hall–Kier alpha value is -1.99. The SMILES string of the molecule is CCS(=O)(=O)Nc1ccc(-c2nc3cccnc3s2)cc1. The van der Waals surface area contributed by atoms with E-state index in [1.54, 1.807) is 25.3 Å². The van der Waals surface area contributed by atoms with Gasteiger partial charge in [0.2, 0.25) is 10.0 Å². The summed E-state index contributed by atoms with van der Waals surface area (Å²) in [6.07, 6.45) is 1.74. The van der Waals surface area contributed by atoms with E-state index in [9.17, 15) is 8.42 Å². The summed E-state index contributed by atoms with van der Waals surface area (Å²) in [6.45, 7) is 1.60. The van der Waals surface area contributed by atoms with Crippen molar-refractivity contribution in [3.05, 3.63) is 42.6 Å². The third-order valence-corrected chi connectivity index (χ3v) is 5.29. The normalized spacial score (nSPS) is 11.7. The Morgan fingerprint density at radius 3 is 2.62 bits per heavy atom. The Balaban J connectivity index is 1.90. The Bertz CT molecular complexity index is 838. The number of sulfonamides is 1. The largest absolute Gasteiger partial charge is 0.284 e. The van der Waals surface area contributed by atoms with Crippen molar-refractivity contribution in [2.75, 3.05) is 10.5 Å². The summed E-state index contributed by atoms with van der Waals surface area (Å²) in [5.41, 5.74) is 2.37. The molecule has 0 saturated heterocycles. The van der Waals surface area contributed by atoms with Gasteiger partial charge in [0.1, 0.15) is 15.4 Å². The molecular weight excluding hydrogens is 306 g/mol. The van der Waals surface area contributed by atoms with E-state index in [4.69, 9.17) is 0 Å². The Morgan fingerprint density at radius 1 is 1.19 bits per heavy atom. The van der Waals surface area contributed by atoms with Gasteiger partial charge in [-0.2, -0.15) is 0 Å². The number of pyridine rings is 1. The van der Waals surface area contributed by atoms with Crippen LogP contribution in [0.4, 0.5) is 5.69 Å². The highest BCUT2D eigenvalue weighted by atomic mass is 32.2. The second-order valence-corrected chi connectivity index (χ2v) is 7.42. The minimum atomic E-state index is -3.24. The number of hydrogen-bond donors (Lipinski definition) is 1. The van der Waals surface area contributed by atoms with Gasteiger partial charge in [0.25, 0.3) is 0 Å². The summed E-state index contributed by atoms with van der Waals surface area (Å²) in [7, 11) is -3.24. The molecule has 1 N–H and O–H groups in total. The summed E-state index contributed by atoms with van der Waals surface area (Å²) in [5.74, 6) is 0.0539. The van der Waals surface area contributed by atoms with E-state index in [1.165, 1.54) is 11.3 Å². The van der Waals surface area contributed by atoms with E-state index >= 15 is 0 Å². The molecule has 0 saturated carbocycles. The average molecular weight is 319 g/mol. The smallest absolute Gasteiger partial charge is 0.232 e. The second-order valence-electron chi connectivity index (χ2n) is 4.43. The average Bonchev–Trinajstić information content (AvgIpc) is 2.91. The molecule has 0 aliphatic heterocycles. The lowest BCUT2D eigenvalue weighted by molar-refractivity contribution is 0.602. The zero-order valence-electron chi connectivity index (χ0n) is 11.3. The van der Waals surface area contributed by atoms with Gasteiger partial charge in [0.15, 0.2) is 0 Å². The number of hydrogen-bond acceptors (Lipinski definition) is 5. The van der Waals surface area contributed by atoms with Crippen LogP contribution in [0.25, 0.3) is 20.9 Å². The van der Waals surface area contributed by atoms with Crippen molar-refractivity contribution in [3.8, 4) is 10.6 Å². The van der Waals surface area contributed by atoms with Crippen molar-refractivity contribution in [1.82, 2.24) is 9.97 Å². The molecule has 108 valence electrons. The van der Waals surface area contributed by atoms with Crippen LogP contribution in [0, 0.1) is 0 Å². The van der Waals surface area contributed by atoms with Crippen molar-refractivity contribution in [2.24, 2.45) is 0 Å². The molecule has 0 atom stereocenters. The molecule has 0 aliphatic carbocycles. The van der Waals surface area contributed by atoms with Gasteiger partial charge in [-0.25, -0.2) is 18.4 Å². The van der Waals surface area contributed by atoms with E-state index in [2.05, 4.69) is 14.7 Å². The number of nitrogens with zero attached hydrogens (tertiary/aromatic N) is 2. The van der Waals surface area contributed by atoms with Crippen molar-refractivity contribution >= 4 is 37.4 Å². The third-order valence-electron chi connectivity index (χ3n) is 2.95. The van der Waals surface area contributed by atoms with Gasteiger partial charge in [-0.15, -0.1) is 0 Å². The standard InChI is InChI=1S/C14H13N3O2S2/c1-2-21(18,19)17-11-7-5-10(6-8-11)13-16-12-4-3-9-15-14(12)20-13/h3-9,17H,2H2,1H3. The molecule has 0 aliphatic rings. The van der Waals surface area contributed by atoms with E-state index < -0.39 is 10.0 Å². The number of benzene rings is 1. The second kappa shape index (κ2) is 5.42. The highest BCUT2D eigenvalue weighted by Gasteiger charge is 2.09. The highest BCUT2D eigenvalue weighted by Crippen LogP contribution is 2.29. The summed E-state index contributed by atoms with van der Waals surface area (Å²) in [4.78, 5) is 9.68. The van der Waals surface area contributed by atoms with Crippen LogP contribution < -0.4 is 4.72 Å². The van der Waals surface area contributed by atoms with Crippen LogP contribution >= 0.6 is 11.3 Å². The first-order chi connectivity index (χ1) is 10.1. The Morgan fingerprint density at radius 2 is 1.95 bits per heavy atom. The number of fused-ring (bicyclic) bond motifs is 1. The molecule has 0 amide bonds. The van der Waals surface area contributed by atoms with Crippen LogP contribution in [0.1, 0.15) is 6.92 Å². The van der Waals surface area contributed by atoms with Crippen LogP contribution in [-0.2, 0) is 10.0 Å². The third kappa shape index (κ3) is 3.03. The van der Waals surface area contributed by atoms with Gasteiger partial charge in [-0.05, 0) is 43.3 Å². The number of nitrogens with one attached hydrogen (secondary N) is 1.